The highest BCUT2D eigenvalue weighted by atomic mass is 32.1. The molecule has 0 radical (unpaired) electrons. The molecule has 1 aliphatic heterocycles. The molecule has 80 valence electrons. The van der Waals surface area contributed by atoms with Gasteiger partial charge in [0.2, 0.25) is 0 Å². The first-order valence-corrected chi connectivity index (χ1v) is 5.27. The summed E-state index contributed by atoms with van der Waals surface area (Å²) >= 11 is 4.30. The maximum absolute atomic E-state index is 11.3. The Labute approximate surface area is 89.6 Å². The van der Waals surface area contributed by atoms with Gasteiger partial charge in [0, 0.05) is 0 Å². The molecule has 0 aliphatic carbocycles. The fourth-order valence-electron chi connectivity index (χ4n) is 1.97. The van der Waals surface area contributed by atoms with Gasteiger partial charge in [-0.25, -0.2) is 0 Å². The summed E-state index contributed by atoms with van der Waals surface area (Å²) in [5.74, 6) is -1.08. The van der Waals surface area contributed by atoms with Crippen LogP contribution in [0.25, 0.3) is 0 Å². The van der Waals surface area contributed by atoms with E-state index in [1.54, 1.807) is 0 Å². The van der Waals surface area contributed by atoms with E-state index in [9.17, 15) is 9.59 Å². The van der Waals surface area contributed by atoms with E-state index in [4.69, 9.17) is 0 Å². The summed E-state index contributed by atoms with van der Waals surface area (Å²) < 4.78 is 4.54. The number of cyclic esters (lactones) is 2. The number of hydrogen-bond acceptors (Lipinski definition) is 4. The Hall–Kier alpha value is -0.510. The minimum Gasteiger partial charge on any atom is -0.393 e. The molecule has 0 aromatic carbocycles. The molecule has 1 fully saturated rings. The van der Waals surface area contributed by atoms with Crippen molar-refractivity contribution in [2.24, 2.45) is 11.3 Å². The SMILES string of the molecule is CC(S)CC(C)(C)C1CC(=O)OC1=O. The average Bonchev–Trinajstić information content (AvgIpc) is 2.27. The Morgan fingerprint density at radius 1 is 1.57 bits per heavy atom. The van der Waals surface area contributed by atoms with E-state index < -0.39 is 5.97 Å². The van der Waals surface area contributed by atoms with Crippen molar-refractivity contribution >= 4 is 24.6 Å². The van der Waals surface area contributed by atoms with E-state index in [0.29, 0.717) is 0 Å². The van der Waals surface area contributed by atoms with E-state index in [1.165, 1.54) is 0 Å². The first-order chi connectivity index (χ1) is 6.33. The maximum atomic E-state index is 11.3. The molecule has 0 spiro atoms. The third-order valence-electron chi connectivity index (χ3n) is 2.63. The average molecular weight is 216 g/mol. The van der Waals surface area contributed by atoms with Crippen LogP contribution < -0.4 is 0 Å². The van der Waals surface area contributed by atoms with E-state index in [1.807, 2.05) is 20.8 Å². The highest BCUT2D eigenvalue weighted by Crippen LogP contribution is 2.39. The maximum Gasteiger partial charge on any atom is 0.317 e. The van der Waals surface area contributed by atoms with Gasteiger partial charge in [-0.1, -0.05) is 20.8 Å². The summed E-state index contributed by atoms with van der Waals surface area (Å²) in [5.41, 5.74) is -0.218. The van der Waals surface area contributed by atoms with Crippen molar-refractivity contribution in [3.63, 3.8) is 0 Å². The van der Waals surface area contributed by atoms with Crippen LogP contribution in [0.4, 0.5) is 0 Å². The number of carbonyl (C=O) groups is 2. The molecule has 3 nitrogen and oxygen atoms in total. The molecule has 0 saturated carbocycles. The molecule has 0 aromatic heterocycles. The highest BCUT2D eigenvalue weighted by molar-refractivity contribution is 7.80. The van der Waals surface area contributed by atoms with Crippen LogP contribution in [0.15, 0.2) is 0 Å². The number of esters is 2. The van der Waals surface area contributed by atoms with Crippen LogP contribution in [0.1, 0.15) is 33.6 Å². The molecule has 14 heavy (non-hydrogen) atoms. The van der Waals surface area contributed by atoms with Gasteiger partial charge in [0.25, 0.3) is 0 Å². The van der Waals surface area contributed by atoms with Crippen LogP contribution in [-0.2, 0) is 14.3 Å². The lowest BCUT2D eigenvalue weighted by molar-refractivity contribution is -0.154. The number of thiol groups is 1. The van der Waals surface area contributed by atoms with Gasteiger partial charge in [-0.15, -0.1) is 0 Å². The molecule has 2 atom stereocenters. The van der Waals surface area contributed by atoms with Crippen LogP contribution in [0.2, 0.25) is 0 Å². The molecule has 1 saturated heterocycles. The molecular weight excluding hydrogens is 200 g/mol. The predicted octanol–water partition coefficient (Wildman–Crippen LogP) is 1.81. The molecule has 1 heterocycles. The quantitative estimate of drug-likeness (QED) is 0.444. The molecule has 4 heteroatoms. The van der Waals surface area contributed by atoms with E-state index in [0.717, 1.165) is 6.42 Å². The monoisotopic (exact) mass is 216 g/mol. The molecule has 2 unspecified atom stereocenters. The summed E-state index contributed by atoms with van der Waals surface area (Å²) in [7, 11) is 0. The third-order valence-corrected chi connectivity index (χ3v) is 2.82. The van der Waals surface area contributed by atoms with Gasteiger partial charge in [0.15, 0.2) is 0 Å². The van der Waals surface area contributed by atoms with Crippen LogP contribution in [0.3, 0.4) is 0 Å². The summed E-state index contributed by atoms with van der Waals surface area (Å²) in [5, 5.41) is 0.216. The smallest absolute Gasteiger partial charge is 0.317 e. The molecule has 1 aliphatic rings. The van der Waals surface area contributed by atoms with Crippen molar-refractivity contribution in [3.05, 3.63) is 0 Å². The Morgan fingerprint density at radius 3 is 2.50 bits per heavy atom. The lowest BCUT2D eigenvalue weighted by atomic mass is 9.74. The normalized spacial score (nSPS) is 25.0. The molecule has 0 N–H and O–H groups in total. The first kappa shape index (κ1) is 11.6. The minimum atomic E-state index is -0.403. The van der Waals surface area contributed by atoms with Crippen molar-refractivity contribution < 1.29 is 14.3 Å². The van der Waals surface area contributed by atoms with E-state index in [2.05, 4.69) is 17.4 Å². The molecule has 0 amide bonds. The largest absolute Gasteiger partial charge is 0.393 e. The van der Waals surface area contributed by atoms with Gasteiger partial charge in [-0.3, -0.25) is 9.59 Å². The van der Waals surface area contributed by atoms with Gasteiger partial charge < -0.3 is 4.74 Å². The molecule has 1 rings (SSSR count). The molecule has 0 aromatic rings. The van der Waals surface area contributed by atoms with Crippen molar-refractivity contribution in [1.82, 2.24) is 0 Å². The van der Waals surface area contributed by atoms with Crippen LogP contribution in [0.5, 0.6) is 0 Å². The number of ether oxygens (including phenoxy) is 1. The van der Waals surface area contributed by atoms with Crippen LogP contribution in [0, 0.1) is 11.3 Å². The second-order valence-electron chi connectivity index (χ2n) is 4.59. The lowest BCUT2D eigenvalue weighted by Gasteiger charge is -2.29. The van der Waals surface area contributed by atoms with Crippen LogP contribution in [-0.4, -0.2) is 17.2 Å². The fourth-order valence-corrected chi connectivity index (χ4v) is 2.44. The summed E-state index contributed by atoms with van der Waals surface area (Å²) in [4.78, 5) is 22.3. The van der Waals surface area contributed by atoms with Gasteiger partial charge in [0.05, 0.1) is 12.3 Å². The fraction of sp³-hybridized carbons (Fsp3) is 0.800. The topological polar surface area (TPSA) is 43.4 Å². The molecule has 0 bridgehead atoms. The van der Waals surface area contributed by atoms with Gasteiger partial charge in [-0.05, 0) is 17.1 Å². The van der Waals surface area contributed by atoms with Crippen molar-refractivity contribution in [2.75, 3.05) is 0 Å². The Balaban J connectivity index is 2.72. The van der Waals surface area contributed by atoms with Crippen molar-refractivity contribution in [3.8, 4) is 0 Å². The summed E-state index contributed by atoms with van der Waals surface area (Å²) in [6.07, 6.45) is 1.01. The summed E-state index contributed by atoms with van der Waals surface area (Å²) in [6, 6.07) is 0. The third kappa shape index (κ3) is 2.50. The molecular formula is C10H16O3S. The number of hydrogen-bond donors (Lipinski definition) is 1. The number of carbonyl (C=O) groups excluding carboxylic acids is 2. The van der Waals surface area contributed by atoms with Gasteiger partial charge >= 0.3 is 11.9 Å². The lowest BCUT2D eigenvalue weighted by Crippen LogP contribution is -2.29. The second-order valence-corrected chi connectivity index (χ2v) is 5.47. The zero-order valence-corrected chi connectivity index (χ0v) is 9.64. The Morgan fingerprint density at radius 2 is 2.14 bits per heavy atom. The van der Waals surface area contributed by atoms with E-state index >= 15 is 0 Å². The zero-order chi connectivity index (χ0) is 10.9. The first-order valence-electron chi connectivity index (χ1n) is 4.75. The second kappa shape index (κ2) is 3.93. The van der Waals surface area contributed by atoms with Gasteiger partial charge in [0.1, 0.15) is 0 Å². The van der Waals surface area contributed by atoms with Gasteiger partial charge in [-0.2, -0.15) is 12.6 Å². The minimum absolute atomic E-state index is 0.215. The van der Waals surface area contributed by atoms with Crippen LogP contribution >= 0.6 is 12.6 Å². The number of rotatable bonds is 3. The van der Waals surface area contributed by atoms with Crippen molar-refractivity contribution in [2.45, 2.75) is 38.9 Å². The summed E-state index contributed by atoms with van der Waals surface area (Å²) in [6.45, 7) is 5.93. The highest BCUT2D eigenvalue weighted by Gasteiger charge is 2.44. The predicted molar refractivity (Wildman–Crippen MR) is 56.1 cm³/mol. The van der Waals surface area contributed by atoms with E-state index in [-0.39, 0.29) is 29.0 Å². The standard InChI is InChI=1S/C10H16O3S/c1-6(14)5-10(2,3)7-4-8(11)13-9(7)12/h6-7,14H,4-5H2,1-3H3. The van der Waals surface area contributed by atoms with Crippen molar-refractivity contribution in [1.29, 1.82) is 0 Å². The zero-order valence-electron chi connectivity index (χ0n) is 8.74. The Kier molecular flexibility index (Phi) is 3.24. The Bertz CT molecular complexity index is 258.